The van der Waals surface area contributed by atoms with E-state index in [2.05, 4.69) is 25.6 Å². The Morgan fingerprint density at radius 1 is 1.40 bits per heavy atom. The summed E-state index contributed by atoms with van der Waals surface area (Å²) in [5.41, 5.74) is 0.855. The highest BCUT2D eigenvalue weighted by molar-refractivity contribution is 9.11. The van der Waals surface area contributed by atoms with E-state index >= 15 is 0 Å². The second-order valence-electron chi connectivity index (χ2n) is 4.21. The predicted molar refractivity (Wildman–Crippen MR) is 87.4 cm³/mol. The lowest BCUT2D eigenvalue weighted by Crippen LogP contribution is -2.26. The third-order valence-corrected chi connectivity index (χ3v) is 8.30. The zero-order valence-corrected chi connectivity index (χ0v) is 15.7. The molecule has 0 aromatic carbocycles. The minimum absolute atomic E-state index is 0.195. The Balaban J connectivity index is 2.26. The number of rotatable bonds is 4. The van der Waals surface area contributed by atoms with E-state index in [1.54, 1.807) is 0 Å². The number of hydrogen-bond donors (Lipinski definition) is 1. The van der Waals surface area contributed by atoms with Crippen LogP contribution in [0.4, 0.5) is 0 Å². The van der Waals surface area contributed by atoms with Gasteiger partial charge in [-0.25, -0.2) is 18.1 Å². The summed E-state index contributed by atoms with van der Waals surface area (Å²) in [6.45, 7) is 5.59. The number of thiophene rings is 1. The number of aromatic nitrogens is 1. The fraction of sp³-hybridized carbons (Fsp3) is 0.364. The Labute approximate surface area is 139 Å². The predicted octanol–water partition coefficient (Wildman–Crippen LogP) is 4.28. The molecule has 20 heavy (non-hydrogen) atoms. The van der Waals surface area contributed by atoms with Crippen LogP contribution in [0.2, 0.25) is 5.02 Å². The van der Waals surface area contributed by atoms with Crippen LogP contribution in [0.15, 0.2) is 14.1 Å². The van der Waals surface area contributed by atoms with Gasteiger partial charge in [0.2, 0.25) is 0 Å². The Hall–Kier alpha value is 0.01000. The van der Waals surface area contributed by atoms with Crippen LogP contribution in [0.25, 0.3) is 0 Å². The maximum atomic E-state index is 12.3. The monoisotopic (exact) mass is 414 g/mol. The Bertz CT molecular complexity index is 719. The third-order valence-electron chi connectivity index (χ3n) is 2.55. The number of aryl methyl sites for hydroxylation is 2. The smallest absolute Gasteiger partial charge is 0.247 e. The van der Waals surface area contributed by atoms with Gasteiger partial charge in [-0.05, 0) is 42.8 Å². The van der Waals surface area contributed by atoms with Crippen molar-refractivity contribution in [3.63, 3.8) is 0 Å². The maximum Gasteiger partial charge on any atom is 0.250 e. The zero-order valence-electron chi connectivity index (χ0n) is 10.9. The van der Waals surface area contributed by atoms with Crippen LogP contribution in [-0.2, 0) is 10.0 Å². The summed E-state index contributed by atoms with van der Waals surface area (Å²) in [5, 5.41) is 1.32. The van der Waals surface area contributed by atoms with E-state index in [1.807, 2.05) is 20.8 Å². The quantitative estimate of drug-likeness (QED) is 0.811. The Morgan fingerprint density at radius 3 is 2.50 bits per heavy atom. The molecule has 2 aromatic rings. The highest BCUT2D eigenvalue weighted by atomic mass is 79.9. The molecule has 0 aliphatic rings. The Kier molecular flexibility index (Phi) is 4.93. The molecule has 0 aliphatic heterocycles. The highest BCUT2D eigenvalue weighted by Gasteiger charge is 2.23. The van der Waals surface area contributed by atoms with E-state index in [9.17, 15) is 8.42 Å². The van der Waals surface area contributed by atoms with Crippen molar-refractivity contribution in [1.29, 1.82) is 0 Å². The number of nitrogens with one attached hydrogen (secondary N) is 1. The minimum Gasteiger partial charge on any atom is -0.247 e. The molecular formula is C11H12BrClN2O2S3. The normalized spacial score (nSPS) is 13.7. The van der Waals surface area contributed by atoms with Crippen molar-refractivity contribution in [3.8, 4) is 0 Å². The maximum absolute atomic E-state index is 12.3. The molecule has 0 saturated carbocycles. The highest BCUT2D eigenvalue weighted by Crippen LogP contribution is 2.35. The van der Waals surface area contributed by atoms with Crippen LogP contribution >= 0.6 is 50.2 Å². The molecular weight excluding hydrogens is 404 g/mol. The lowest BCUT2D eigenvalue weighted by Gasteiger charge is -2.12. The molecule has 2 rings (SSSR count). The van der Waals surface area contributed by atoms with Crippen molar-refractivity contribution in [2.45, 2.75) is 31.0 Å². The summed E-state index contributed by atoms with van der Waals surface area (Å²) >= 11 is 11.7. The van der Waals surface area contributed by atoms with Gasteiger partial charge in [0.1, 0.15) is 4.21 Å². The first kappa shape index (κ1) is 16.4. The summed E-state index contributed by atoms with van der Waals surface area (Å²) in [5.74, 6) is 0. The van der Waals surface area contributed by atoms with E-state index in [4.69, 9.17) is 11.6 Å². The first-order valence-electron chi connectivity index (χ1n) is 5.62. The number of hydrogen-bond acceptors (Lipinski definition) is 5. The van der Waals surface area contributed by atoms with Gasteiger partial charge in [-0.2, -0.15) is 0 Å². The molecule has 9 heteroatoms. The summed E-state index contributed by atoms with van der Waals surface area (Å²) in [7, 11) is -3.58. The van der Waals surface area contributed by atoms with E-state index < -0.39 is 10.0 Å². The van der Waals surface area contributed by atoms with Gasteiger partial charge in [-0.3, -0.25) is 0 Å². The third kappa shape index (κ3) is 3.42. The van der Waals surface area contributed by atoms with Gasteiger partial charge in [0.25, 0.3) is 10.0 Å². The minimum atomic E-state index is -3.58. The molecule has 0 amide bonds. The van der Waals surface area contributed by atoms with E-state index in [0.29, 0.717) is 8.81 Å². The van der Waals surface area contributed by atoms with Crippen molar-refractivity contribution in [2.24, 2.45) is 0 Å². The molecule has 0 spiro atoms. The van der Waals surface area contributed by atoms with Gasteiger partial charge in [-0.1, -0.05) is 11.6 Å². The SMILES string of the molecule is Cc1nc(C)c(C(C)NS(=O)(=O)c2cc(Cl)c(Br)s2)s1. The van der Waals surface area contributed by atoms with Gasteiger partial charge in [-0.15, -0.1) is 22.7 Å². The van der Waals surface area contributed by atoms with Gasteiger partial charge in [0.05, 0.1) is 25.6 Å². The summed E-state index contributed by atoms with van der Waals surface area (Å²) < 4.78 is 28.1. The molecule has 1 unspecified atom stereocenters. The molecule has 2 aromatic heterocycles. The molecule has 110 valence electrons. The lowest BCUT2D eigenvalue weighted by molar-refractivity contribution is 0.570. The molecule has 1 atom stereocenters. The molecule has 1 N–H and O–H groups in total. The second kappa shape index (κ2) is 6.02. The molecule has 0 bridgehead atoms. The number of sulfonamides is 1. The first-order chi connectivity index (χ1) is 9.20. The molecule has 0 aliphatic carbocycles. The number of halogens is 2. The average molecular weight is 416 g/mol. The lowest BCUT2D eigenvalue weighted by atomic mass is 10.2. The van der Waals surface area contributed by atoms with E-state index in [1.165, 1.54) is 17.4 Å². The topological polar surface area (TPSA) is 59.1 Å². The van der Waals surface area contributed by atoms with Crippen molar-refractivity contribution in [3.05, 3.63) is 30.5 Å². The summed E-state index contributed by atoms with van der Waals surface area (Å²) in [6.07, 6.45) is 0. The number of thiazole rings is 1. The zero-order chi connectivity index (χ0) is 15.1. The molecule has 4 nitrogen and oxygen atoms in total. The van der Waals surface area contributed by atoms with E-state index in [0.717, 1.165) is 26.9 Å². The largest absolute Gasteiger partial charge is 0.250 e. The van der Waals surface area contributed by atoms with E-state index in [-0.39, 0.29) is 10.3 Å². The van der Waals surface area contributed by atoms with Gasteiger partial charge < -0.3 is 0 Å². The van der Waals surface area contributed by atoms with Crippen molar-refractivity contribution >= 4 is 60.2 Å². The molecule has 0 saturated heterocycles. The molecule has 2 heterocycles. The van der Waals surface area contributed by atoms with Crippen LogP contribution in [0, 0.1) is 13.8 Å². The van der Waals surface area contributed by atoms with Crippen molar-refractivity contribution in [1.82, 2.24) is 9.71 Å². The van der Waals surface area contributed by atoms with Crippen molar-refractivity contribution < 1.29 is 8.42 Å². The second-order valence-corrected chi connectivity index (χ2v) is 10.2. The molecule has 0 fully saturated rings. The van der Waals surface area contributed by atoms with Crippen LogP contribution in [0.1, 0.15) is 28.5 Å². The van der Waals surface area contributed by atoms with Crippen LogP contribution < -0.4 is 4.72 Å². The van der Waals surface area contributed by atoms with Crippen LogP contribution in [0.3, 0.4) is 0 Å². The van der Waals surface area contributed by atoms with Crippen molar-refractivity contribution in [2.75, 3.05) is 0 Å². The standard InChI is InChI=1S/C11H12BrClN2O2S3/c1-5-10(18-7(3)14-5)6(2)15-20(16,17)9-4-8(13)11(12)19-9/h4,6,15H,1-3H3. The van der Waals surface area contributed by atoms with Gasteiger partial charge >= 0.3 is 0 Å². The Morgan fingerprint density at radius 2 is 2.05 bits per heavy atom. The van der Waals surface area contributed by atoms with Crippen LogP contribution in [0.5, 0.6) is 0 Å². The molecule has 0 radical (unpaired) electrons. The summed E-state index contributed by atoms with van der Waals surface area (Å²) in [4.78, 5) is 5.23. The number of nitrogens with zero attached hydrogens (tertiary/aromatic N) is 1. The van der Waals surface area contributed by atoms with Crippen LogP contribution in [-0.4, -0.2) is 13.4 Å². The summed E-state index contributed by atoms with van der Waals surface area (Å²) in [6, 6.07) is 1.11. The average Bonchev–Trinajstić information content (AvgIpc) is 2.82. The van der Waals surface area contributed by atoms with Gasteiger partial charge in [0.15, 0.2) is 0 Å². The van der Waals surface area contributed by atoms with Gasteiger partial charge in [0, 0.05) is 4.88 Å². The fourth-order valence-electron chi connectivity index (χ4n) is 1.75. The first-order valence-corrected chi connectivity index (χ1v) is 9.90. The fourth-order valence-corrected chi connectivity index (χ4v) is 6.39.